The first kappa shape index (κ1) is 21.5. The minimum absolute atomic E-state index is 0.158. The molecule has 0 saturated heterocycles. The lowest BCUT2D eigenvalue weighted by atomic mass is 10.1. The molecule has 9 heteroatoms. The number of rotatable bonds is 9. The monoisotopic (exact) mass is 450 g/mol. The molecule has 0 fully saturated rings. The Labute approximate surface area is 188 Å². The summed E-state index contributed by atoms with van der Waals surface area (Å²) in [5, 5.41) is 13.8. The average molecular weight is 451 g/mol. The van der Waals surface area contributed by atoms with E-state index in [1.54, 1.807) is 25.4 Å². The maximum absolute atomic E-state index is 11.5. The van der Waals surface area contributed by atoms with Gasteiger partial charge in [0.15, 0.2) is 4.88 Å². The molecule has 8 nitrogen and oxygen atoms in total. The molecule has 0 saturated carbocycles. The number of nitrogens with one attached hydrogen (secondary N) is 1. The van der Waals surface area contributed by atoms with Crippen molar-refractivity contribution in [2.24, 2.45) is 0 Å². The second-order valence-corrected chi connectivity index (χ2v) is 7.88. The molecule has 0 amide bonds. The lowest BCUT2D eigenvalue weighted by Gasteiger charge is -2.12. The van der Waals surface area contributed by atoms with Crippen molar-refractivity contribution >= 4 is 34.0 Å². The zero-order valence-corrected chi connectivity index (χ0v) is 18.5. The van der Waals surface area contributed by atoms with E-state index in [1.807, 2.05) is 31.2 Å². The number of nitrogens with zero attached hydrogens (tertiary/aromatic N) is 3. The lowest BCUT2D eigenvalue weighted by Crippen LogP contribution is -2.08. The molecule has 3 heterocycles. The Morgan fingerprint density at radius 1 is 1.16 bits per heavy atom. The summed E-state index contributed by atoms with van der Waals surface area (Å²) in [6, 6.07) is 11.4. The normalized spacial score (nSPS) is 10.8. The number of anilines is 1. The molecule has 0 atom stereocenters. The van der Waals surface area contributed by atoms with Crippen molar-refractivity contribution in [3.63, 3.8) is 0 Å². The quantitative estimate of drug-likeness (QED) is 0.384. The van der Waals surface area contributed by atoms with E-state index in [0.717, 1.165) is 33.6 Å². The Balaban J connectivity index is 1.52. The fourth-order valence-corrected chi connectivity index (χ4v) is 4.34. The molecular formula is C23H22N4O4S. The van der Waals surface area contributed by atoms with Gasteiger partial charge >= 0.3 is 5.97 Å². The third-order valence-corrected chi connectivity index (χ3v) is 5.98. The summed E-state index contributed by atoms with van der Waals surface area (Å²) in [5.74, 6) is 0.772. The standard InChI is InChI=1S/C23H22N4O4S/c1-3-31-18-12-19(32-22(18)23(28)29)16-11-20(27-13-26-16)24-10-8-15-17(30-2)7-6-14-5-4-9-25-21(14)15/h4-7,9,11-13H,3,8,10H2,1-2H3,(H,28,29)(H,24,26,27). The molecule has 0 spiro atoms. The third-order valence-electron chi connectivity index (χ3n) is 4.85. The number of aromatic carboxylic acids is 1. The maximum atomic E-state index is 11.5. The van der Waals surface area contributed by atoms with E-state index in [9.17, 15) is 9.90 Å². The van der Waals surface area contributed by atoms with Crippen molar-refractivity contribution in [1.29, 1.82) is 0 Å². The highest BCUT2D eigenvalue weighted by molar-refractivity contribution is 7.17. The van der Waals surface area contributed by atoms with E-state index in [1.165, 1.54) is 6.33 Å². The van der Waals surface area contributed by atoms with E-state index in [0.29, 0.717) is 41.7 Å². The summed E-state index contributed by atoms with van der Waals surface area (Å²) in [4.78, 5) is 25.5. The number of ether oxygens (including phenoxy) is 2. The summed E-state index contributed by atoms with van der Waals surface area (Å²) in [6.07, 6.45) is 3.92. The van der Waals surface area contributed by atoms with Gasteiger partial charge in [-0.2, -0.15) is 0 Å². The molecule has 1 aromatic carbocycles. The molecule has 4 rings (SSSR count). The van der Waals surface area contributed by atoms with Gasteiger partial charge in [-0.3, -0.25) is 4.98 Å². The van der Waals surface area contributed by atoms with Gasteiger partial charge < -0.3 is 19.9 Å². The van der Waals surface area contributed by atoms with Crippen molar-refractivity contribution < 1.29 is 19.4 Å². The number of fused-ring (bicyclic) bond motifs is 1. The van der Waals surface area contributed by atoms with Gasteiger partial charge in [-0.15, -0.1) is 11.3 Å². The summed E-state index contributed by atoms with van der Waals surface area (Å²) < 4.78 is 11.0. The number of benzene rings is 1. The van der Waals surface area contributed by atoms with Crippen LogP contribution in [0.4, 0.5) is 5.82 Å². The van der Waals surface area contributed by atoms with Gasteiger partial charge in [0.2, 0.25) is 0 Å². The number of carboxylic acid groups (broad SMARTS) is 1. The van der Waals surface area contributed by atoms with Crippen LogP contribution in [-0.2, 0) is 6.42 Å². The Kier molecular flexibility index (Phi) is 6.46. The van der Waals surface area contributed by atoms with Crippen molar-refractivity contribution in [3.8, 4) is 22.1 Å². The Morgan fingerprint density at radius 3 is 2.81 bits per heavy atom. The van der Waals surface area contributed by atoms with Crippen LogP contribution in [0, 0.1) is 0 Å². The molecule has 0 unspecified atom stereocenters. The van der Waals surface area contributed by atoms with Crippen LogP contribution in [0.5, 0.6) is 11.5 Å². The van der Waals surface area contributed by atoms with Gasteiger partial charge in [-0.25, -0.2) is 14.8 Å². The Hall–Kier alpha value is -3.72. The number of aromatic nitrogens is 3. The van der Waals surface area contributed by atoms with Crippen LogP contribution in [0.15, 0.2) is 48.9 Å². The maximum Gasteiger partial charge on any atom is 0.349 e. The van der Waals surface area contributed by atoms with Crippen LogP contribution < -0.4 is 14.8 Å². The minimum atomic E-state index is -1.02. The number of hydrogen-bond acceptors (Lipinski definition) is 8. The summed E-state index contributed by atoms with van der Waals surface area (Å²) >= 11 is 1.13. The van der Waals surface area contributed by atoms with Crippen molar-refractivity contribution in [2.45, 2.75) is 13.3 Å². The molecule has 164 valence electrons. The average Bonchev–Trinajstić information content (AvgIpc) is 3.24. The van der Waals surface area contributed by atoms with Crippen LogP contribution in [0.3, 0.4) is 0 Å². The van der Waals surface area contributed by atoms with E-state index >= 15 is 0 Å². The smallest absolute Gasteiger partial charge is 0.349 e. The number of pyridine rings is 1. The number of methoxy groups -OCH3 is 1. The van der Waals surface area contributed by atoms with Crippen LogP contribution in [0.2, 0.25) is 0 Å². The summed E-state index contributed by atoms with van der Waals surface area (Å²) in [6.45, 7) is 2.81. The first-order valence-corrected chi connectivity index (χ1v) is 10.9. The highest BCUT2D eigenvalue weighted by Crippen LogP contribution is 2.36. The molecule has 0 aliphatic rings. The van der Waals surface area contributed by atoms with Crippen LogP contribution in [0.1, 0.15) is 22.2 Å². The van der Waals surface area contributed by atoms with Crippen LogP contribution in [-0.4, -0.2) is 46.3 Å². The molecule has 4 aromatic rings. The SMILES string of the molecule is CCOc1cc(-c2cc(NCCc3c(OC)ccc4cccnc34)ncn2)sc1C(=O)O. The molecule has 0 radical (unpaired) electrons. The number of carboxylic acids is 1. The third kappa shape index (κ3) is 4.47. The molecule has 32 heavy (non-hydrogen) atoms. The van der Waals surface area contributed by atoms with Gasteiger partial charge in [-0.1, -0.05) is 6.07 Å². The highest BCUT2D eigenvalue weighted by Gasteiger charge is 2.18. The molecule has 0 bridgehead atoms. The lowest BCUT2D eigenvalue weighted by molar-refractivity contribution is 0.0698. The summed E-state index contributed by atoms with van der Waals surface area (Å²) in [7, 11) is 1.65. The van der Waals surface area contributed by atoms with Crippen LogP contribution >= 0.6 is 11.3 Å². The Bertz CT molecular complexity index is 1260. The fourth-order valence-electron chi connectivity index (χ4n) is 3.44. The van der Waals surface area contributed by atoms with E-state index in [4.69, 9.17) is 9.47 Å². The van der Waals surface area contributed by atoms with E-state index < -0.39 is 5.97 Å². The van der Waals surface area contributed by atoms with Crippen molar-refractivity contribution in [1.82, 2.24) is 15.0 Å². The molecule has 0 aliphatic carbocycles. The molecular weight excluding hydrogens is 428 g/mol. The largest absolute Gasteiger partial charge is 0.496 e. The van der Waals surface area contributed by atoms with E-state index in [-0.39, 0.29) is 4.88 Å². The van der Waals surface area contributed by atoms with Crippen molar-refractivity contribution in [3.05, 3.63) is 59.4 Å². The minimum Gasteiger partial charge on any atom is -0.496 e. The molecule has 3 aromatic heterocycles. The highest BCUT2D eigenvalue weighted by atomic mass is 32.1. The summed E-state index contributed by atoms with van der Waals surface area (Å²) in [5.41, 5.74) is 2.57. The first-order chi connectivity index (χ1) is 15.6. The van der Waals surface area contributed by atoms with Gasteiger partial charge in [0.25, 0.3) is 0 Å². The van der Waals surface area contributed by atoms with E-state index in [2.05, 4.69) is 20.3 Å². The zero-order valence-electron chi connectivity index (χ0n) is 17.7. The second kappa shape index (κ2) is 9.61. The predicted molar refractivity (Wildman–Crippen MR) is 124 cm³/mol. The second-order valence-electron chi connectivity index (χ2n) is 6.83. The van der Waals surface area contributed by atoms with Crippen LogP contribution in [0.25, 0.3) is 21.5 Å². The number of hydrogen-bond donors (Lipinski definition) is 2. The van der Waals surface area contributed by atoms with Gasteiger partial charge in [-0.05, 0) is 31.5 Å². The van der Waals surface area contributed by atoms with Gasteiger partial charge in [0.1, 0.15) is 23.6 Å². The Morgan fingerprint density at radius 2 is 2.03 bits per heavy atom. The topological polar surface area (TPSA) is 106 Å². The molecule has 0 aliphatic heterocycles. The van der Waals surface area contributed by atoms with Gasteiger partial charge in [0.05, 0.1) is 29.8 Å². The zero-order chi connectivity index (χ0) is 22.5. The number of thiophene rings is 1. The van der Waals surface area contributed by atoms with Gasteiger partial charge in [0, 0.05) is 35.8 Å². The first-order valence-electron chi connectivity index (χ1n) is 10.1. The van der Waals surface area contributed by atoms with Crippen molar-refractivity contribution in [2.75, 3.05) is 25.6 Å². The predicted octanol–water partition coefficient (Wildman–Crippen LogP) is 4.51. The molecule has 2 N–H and O–H groups in total. The number of carbonyl (C=O) groups is 1. The fraction of sp³-hybridized carbons (Fsp3) is 0.217.